The number of carbonyl (C=O) groups is 1. The normalized spacial score (nSPS) is 22.5. The number of nitrogens with one attached hydrogen (secondary N) is 2. The lowest BCUT2D eigenvalue weighted by Gasteiger charge is -2.37. The Balaban J connectivity index is 2.07. The lowest BCUT2D eigenvalue weighted by molar-refractivity contribution is -0.144. The van der Waals surface area contributed by atoms with Crippen molar-refractivity contribution in [2.75, 3.05) is 11.9 Å². The Kier molecular flexibility index (Phi) is 3.33. The smallest absolute Gasteiger partial charge is 0.309 e. The summed E-state index contributed by atoms with van der Waals surface area (Å²) < 4.78 is 4.98. The number of hydrogen-bond acceptors (Lipinski definition) is 4. The molecule has 2 rings (SSSR count). The molecule has 17 heavy (non-hydrogen) atoms. The molecule has 1 unspecified atom stereocenters. The number of esters is 1. The van der Waals surface area contributed by atoms with E-state index in [1.807, 2.05) is 32.0 Å². The molecule has 0 radical (unpaired) electrons. The first-order valence-corrected chi connectivity index (χ1v) is 5.90. The molecule has 1 aliphatic rings. The van der Waals surface area contributed by atoms with E-state index in [9.17, 15) is 4.79 Å². The fraction of sp³-hybridized carbons (Fsp3) is 0.462. The molecule has 1 heterocycles. The molecule has 0 saturated heterocycles. The molecule has 1 atom stereocenters. The number of benzene rings is 1. The molecule has 0 aromatic heterocycles. The predicted octanol–water partition coefficient (Wildman–Crippen LogP) is 1.87. The maximum absolute atomic E-state index is 11.5. The second-order valence-corrected chi connectivity index (χ2v) is 4.45. The van der Waals surface area contributed by atoms with Gasteiger partial charge >= 0.3 is 5.97 Å². The first kappa shape index (κ1) is 11.9. The fourth-order valence-corrected chi connectivity index (χ4v) is 2.04. The Morgan fingerprint density at radius 1 is 1.47 bits per heavy atom. The SMILES string of the molecule is CCOC(=O)CC1(C)NCc2ccccc2N1. The molecule has 1 aromatic carbocycles. The van der Waals surface area contributed by atoms with Crippen LogP contribution in [0.4, 0.5) is 5.69 Å². The lowest BCUT2D eigenvalue weighted by atomic mass is 10.0. The Labute approximate surface area is 101 Å². The Morgan fingerprint density at radius 3 is 3.00 bits per heavy atom. The van der Waals surface area contributed by atoms with Crippen molar-refractivity contribution in [1.82, 2.24) is 5.32 Å². The number of carbonyl (C=O) groups excluding carboxylic acids is 1. The van der Waals surface area contributed by atoms with E-state index in [0.29, 0.717) is 13.0 Å². The number of rotatable bonds is 3. The van der Waals surface area contributed by atoms with Gasteiger partial charge in [-0.3, -0.25) is 10.1 Å². The van der Waals surface area contributed by atoms with Crippen molar-refractivity contribution in [1.29, 1.82) is 0 Å². The standard InChI is InChI=1S/C13H18N2O2/c1-3-17-12(16)8-13(2)14-9-10-6-4-5-7-11(10)15-13/h4-7,14-15H,3,8-9H2,1-2H3. The topological polar surface area (TPSA) is 50.4 Å². The molecule has 0 fully saturated rings. The zero-order valence-electron chi connectivity index (χ0n) is 10.2. The minimum atomic E-state index is -0.430. The van der Waals surface area contributed by atoms with E-state index in [0.717, 1.165) is 12.2 Å². The van der Waals surface area contributed by atoms with E-state index in [1.54, 1.807) is 0 Å². The highest BCUT2D eigenvalue weighted by atomic mass is 16.5. The van der Waals surface area contributed by atoms with Crippen LogP contribution in [0, 0.1) is 0 Å². The van der Waals surface area contributed by atoms with Gasteiger partial charge in [0, 0.05) is 12.2 Å². The van der Waals surface area contributed by atoms with Crippen molar-refractivity contribution in [3.63, 3.8) is 0 Å². The predicted molar refractivity (Wildman–Crippen MR) is 66.6 cm³/mol. The second-order valence-electron chi connectivity index (χ2n) is 4.45. The molecule has 1 aromatic rings. The fourth-order valence-electron chi connectivity index (χ4n) is 2.04. The first-order chi connectivity index (χ1) is 8.13. The molecule has 92 valence electrons. The molecule has 2 N–H and O–H groups in total. The van der Waals surface area contributed by atoms with E-state index in [1.165, 1.54) is 5.56 Å². The van der Waals surface area contributed by atoms with Gasteiger partial charge < -0.3 is 10.1 Å². The van der Waals surface area contributed by atoms with E-state index >= 15 is 0 Å². The van der Waals surface area contributed by atoms with Crippen LogP contribution in [0.3, 0.4) is 0 Å². The van der Waals surface area contributed by atoms with E-state index in [-0.39, 0.29) is 5.97 Å². The summed E-state index contributed by atoms with van der Waals surface area (Å²) in [5.74, 6) is -0.186. The molecule has 0 saturated carbocycles. The Hall–Kier alpha value is -1.55. The molecule has 0 spiro atoms. The average molecular weight is 234 g/mol. The molecule has 4 heteroatoms. The zero-order valence-corrected chi connectivity index (χ0v) is 10.2. The second kappa shape index (κ2) is 4.75. The zero-order chi connectivity index (χ0) is 12.3. The summed E-state index contributed by atoms with van der Waals surface area (Å²) in [6.07, 6.45) is 0.315. The van der Waals surface area contributed by atoms with Crippen LogP contribution in [0.2, 0.25) is 0 Å². The first-order valence-electron chi connectivity index (χ1n) is 5.90. The number of anilines is 1. The minimum Gasteiger partial charge on any atom is -0.466 e. The summed E-state index contributed by atoms with van der Waals surface area (Å²) in [5.41, 5.74) is 1.87. The average Bonchev–Trinajstić information content (AvgIpc) is 2.28. The number of hydrogen-bond donors (Lipinski definition) is 2. The van der Waals surface area contributed by atoms with Gasteiger partial charge in [-0.25, -0.2) is 0 Å². The van der Waals surface area contributed by atoms with Crippen molar-refractivity contribution < 1.29 is 9.53 Å². The maximum atomic E-state index is 11.5. The lowest BCUT2D eigenvalue weighted by Crippen LogP contribution is -2.53. The van der Waals surface area contributed by atoms with Gasteiger partial charge in [0.25, 0.3) is 0 Å². The van der Waals surface area contributed by atoms with Gasteiger partial charge in [-0.2, -0.15) is 0 Å². The van der Waals surface area contributed by atoms with Crippen LogP contribution in [0.15, 0.2) is 24.3 Å². The van der Waals surface area contributed by atoms with Gasteiger partial charge in [-0.1, -0.05) is 18.2 Å². The van der Waals surface area contributed by atoms with Gasteiger partial charge in [0.15, 0.2) is 0 Å². The van der Waals surface area contributed by atoms with E-state index in [4.69, 9.17) is 4.74 Å². The summed E-state index contributed by atoms with van der Waals surface area (Å²) in [5, 5.41) is 6.68. The molecule has 1 aliphatic heterocycles. The van der Waals surface area contributed by atoms with Crippen molar-refractivity contribution in [2.45, 2.75) is 32.5 Å². The van der Waals surface area contributed by atoms with Gasteiger partial charge in [-0.15, -0.1) is 0 Å². The van der Waals surface area contributed by atoms with E-state index < -0.39 is 5.66 Å². The van der Waals surface area contributed by atoms with Gasteiger partial charge in [0.2, 0.25) is 0 Å². The largest absolute Gasteiger partial charge is 0.466 e. The Morgan fingerprint density at radius 2 is 2.24 bits per heavy atom. The highest BCUT2D eigenvalue weighted by Crippen LogP contribution is 2.26. The van der Waals surface area contributed by atoms with Crippen molar-refractivity contribution >= 4 is 11.7 Å². The minimum absolute atomic E-state index is 0.186. The van der Waals surface area contributed by atoms with Gasteiger partial charge in [-0.05, 0) is 25.5 Å². The summed E-state index contributed by atoms with van der Waals surface area (Å²) >= 11 is 0. The number of fused-ring (bicyclic) bond motifs is 1. The van der Waals surface area contributed by atoms with Crippen LogP contribution in [-0.4, -0.2) is 18.2 Å². The summed E-state index contributed by atoms with van der Waals surface area (Å²) in [7, 11) is 0. The Bertz CT molecular complexity index is 420. The molecular formula is C13H18N2O2. The van der Waals surface area contributed by atoms with Crippen LogP contribution in [0.25, 0.3) is 0 Å². The molecular weight excluding hydrogens is 216 g/mol. The van der Waals surface area contributed by atoms with Crippen molar-refractivity contribution in [3.05, 3.63) is 29.8 Å². The van der Waals surface area contributed by atoms with Crippen molar-refractivity contribution in [3.8, 4) is 0 Å². The molecule has 0 bridgehead atoms. The highest BCUT2D eigenvalue weighted by Gasteiger charge is 2.31. The molecule has 4 nitrogen and oxygen atoms in total. The highest BCUT2D eigenvalue weighted by molar-refractivity contribution is 5.72. The number of ether oxygens (including phenoxy) is 1. The number of para-hydroxylation sites is 1. The quantitative estimate of drug-likeness (QED) is 0.784. The summed E-state index contributed by atoms with van der Waals surface area (Å²) in [6, 6.07) is 8.09. The monoisotopic (exact) mass is 234 g/mol. The van der Waals surface area contributed by atoms with Gasteiger partial charge in [0.1, 0.15) is 0 Å². The third-order valence-corrected chi connectivity index (χ3v) is 2.90. The van der Waals surface area contributed by atoms with Crippen LogP contribution in [0.1, 0.15) is 25.8 Å². The van der Waals surface area contributed by atoms with Crippen LogP contribution < -0.4 is 10.6 Å². The van der Waals surface area contributed by atoms with Crippen LogP contribution in [-0.2, 0) is 16.1 Å². The summed E-state index contributed by atoms with van der Waals surface area (Å²) in [6.45, 7) is 4.97. The summed E-state index contributed by atoms with van der Waals surface area (Å²) in [4.78, 5) is 11.5. The van der Waals surface area contributed by atoms with Crippen molar-refractivity contribution in [2.24, 2.45) is 0 Å². The molecule has 0 amide bonds. The van der Waals surface area contributed by atoms with Crippen LogP contribution in [0.5, 0.6) is 0 Å². The van der Waals surface area contributed by atoms with Crippen LogP contribution >= 0.6 is 0 Å². The van der Waals surface area contributed by atoms with Gasteiger partial charge in [0.05, 0.1) is 18.7 Å². The third kappa shape index (κ3) is 2.77. The molecule has 0 aliphatic carbocycles. The maximum Gasteiger partial charge on any atom is 0.309 e. The van der Waals surface area contributed by atoms with E-state index in [2.05, 4.69) is 16.7 Å². The third-order valence-electron chi connectivity index (χ3n) is 2.90.